The molecule has 3 nitrogen and oxygen atoms in total. The standard InChI is InChI=1S/C16H33N3/c1-15(2)10-13(11-16(3,4)18-15)17-12-14-8-6-7-9-19(14)5/h13-14,17-18H,6-12H2,1-5H3. The molecule has 3 heteroatoms. The lowest BCUT2D eigenvalue weighted by atomic mass is 9.79. The molecule has 2 saturated heterocycles. The molecule has 0 aliphatic carbocycles. The second kappa shape index (κ2) is 5.71. The van der Waals surface area contributed by atoms with E-state index in [4.69, 9.17) is 0 Å². The Labute approximate surface area is 119 Å². The lowest BCUT2D eigenvalue weighted by Gasteiger charge is -2.47. The Balaban J connectivity index is 1.85. The van der Waals surface area contributed by atoms with Gasteiger partial charge in [-0.1, -0.05) is 6.42 Å². The fourth-order valence-corrected chi connectivity index (χ4v) is 4.17. The van der Waals surface area contributed by atoms with Crippen molar-refractivity contribution in [3.63, 3.8) is 0 Å². The molecule has 0 aromatic heterocycles. The first-order valence-electron chi connectivity index (χ1n) is 8.00. The smallest absolute Gasteiger partial charge is 0.0217 e. The molecule has 2 fully saturated rings. The van der Waals surface area contributed by atoms with Crippen LogP contribution in [0.2, 0.25) is 0 Å². The van der Waals surface area contributed by atoms with Crippen molar-refractivity contribution in [2.45, 2.75) is 83.0 Å². The molecule has 112 valence electrons. The lowest BCUT2D eigenvalue weighted by Crippen LogP contribution is -2.62. The molecular formula is C16H33N3. The van der Waals surface area contributed by atoms with Gasteiger partial charge < -0.3 is 15.5 Å². The third-order valence-corrected chi connectivity index (χ3v) is 4.75. The predicted octanol–water partition coefficient (Wildman–Crippen LogP) is 2.37. The number of rotatable bonds is 3. The van der Waals surface area contributed by atoms with Gasteiger partial charge in [-0.2, -0.15) is 0 Å². The number of likely N-dealkylation sites (tertiary alicyclic amines) is 1. The Morgan fingerprint density at radius 3 is 2.32 bits per heavy atom. The number of nitrogens with zero attached hydrogens (tertiary/aromatic N) is 1. The predicted molar refractivity (Wildman–Crippen MR) is 82.6 cm³/mol. The van der Waals surface area contributed by atoms with Crippen molar-refractivity contribution >= 4 is 0 Å². The minimum Gasteiger partial charge on any atom is -0.312 e. The highest BCUT2D eigenvalue weighted by atomic mass is 15.2. The summed E-state index contributed by atoms with van der Waals surface area (Å²) in [7, 11) is 2.28. The molecule has 0 aromatic rings. The molecule has 1 atom stereocenters. The van der Waals surface area contributed by atoms with Gasteiger partial charge in [-0.05, 0) is 67.0 Å². The van der Waals surface area contributed by atoms with Gasteiger partial charge in [0.1, 0.15) is 0 Å². The Morgan fingerprint density at radius 1 is 1.11 bits per heavy atom. The largest absolute Gasteiger partial charge is 0.312 e. The van der Waals surface area contributed by atoms with Gasteiger partial charge in [0.2, 0.25) is 0 Å². The zero-order valence-electron chi connectivity index (χ0n) is 13.6. The molecule has 0 bridgehead atoms. The number of likely N-dealkylation sites (N-methyl/N-ethyl adjacent to an activating group) is 1. The second-order valence-electron chi connectivity index (χ2n) is 8.04. The van der Waals surface area contributed by atoms with Crippen molar-refractivity contribution in [1.29, 1.82) is 0 Å². The maximum Gasteiger partial charge on any atom is 0.0217 e. The maximum atomic E-state index is 3.85. The molecule has 0 saturated carbocycles. The van der Waals surface area contributed by atoms with E-state index in [1.807, 2.05) is 0 Å². The Morgan fingerprint density at radius 2 is 1.74 bits per heavy atom. The first kappa shape index (κ1) is 15.3. The first-order valence-corrected chi connectivity index (χ1v) is 8.00. The highest BCUT2D eigenvalue weighted by Crippen LogP contribution is 2.28. The fraction of sp³-hybridized carbons (Fsp3) is 1.00. The summed E-state index contributed by atoms with van der Waals surface area (Å²) in [5, 5.41) is 7.61. The van der Waals surface area contributed by atoms with Crippen LogP contribution in [0.15, 0.2) is 0 Å². The van der Waals surface area contributed by atoms with Crippen LogP contribution in [-0.2, 0) is 0 Å². The van der Waals surface area contributed by atoms with E-state index in [-0.39, 0.29) is 11.1 Å². The molecule has 0 amide bonds. The fourth-order valence-electron chi connectivity index (χ4n) is 4.17. The molecule has 0 aromatic carbocycles. The minimum atomic E-state index is 0.248. The molecule has 2 N–H and O–H groups in total. The van der Waals surface area contributed by atoms with Crippen molar-refractivity contribution in [3.8, 4) is 0 Å². The molecular weight excluding hydrogens is 234 g/mol. The van der Waals surface area contributed by atoms with Crippen LogP contribution in [0.25, 0.3) is 0 Å². The molecule has 2 aliphatic rings. The molecule has 0 spiro atoms. The van der Waals surface area contributed by atoms with Gasteiger partial charge in [0.25, 0.3) is 0 Å². The monoisotopic (exact) mass is 267 g/mol. The van der Waals surface area contributed by atoms with Crippen LogP contribution in [-0.4, -0.2) is 48.2 Å². The van der Waals surface area contributed by atoms with Crippen LogP contribution in [0.5, 0.6) is 0 Å². The molecule has 2 aliphatic heterocycles. The molecule has 2 heterocycles. The van der Waals surface area contributed by atoms with Crippen molar-refractivity contribution in [3.05, 3.63) is 0 Å². The van der Waals surface area contributed by atoms with Crippen molar-refractivity contribution in [2.24, 2.45) is 0 Å². The van der Waals surface area contributed by atoms with Gasteiger partial charge in [-0.3, -0.25) is 0 Å². The van der Waals surface area contributed by atoms with E-state index in [0.717, 1.165) is 12.6 Å². The third-order valence-electron chi connectivity index (χ3n) is 4.75. The van der Waals surface area contributed by atoms with Gasteiger partial charge in [0.15, 0.2) is 0 Å². The lowest BCUT2D eigenvalue weighted by molar-refractivity contribution is 0.129. The topological polar surface area (TPSA) is 27.3 Å². The van der Waals surface area contributed by atoms with E-state index in [2.05, 4.69) is 50.3 Å². The number of hydrogen-bond donors (Lipinski definition) is 2. The van der Waals surface area contributed by atoms with Crippen LogP contribution in [0.1, 0.15) is 59.8 Å². The van der Waals surface area contributed by atoms with Crippen LogP contribution in [0.3, 0.4) is 0 Å². The molecule has 1 unspecified atom stereocenters. The summed E-state index contributed by atoms with van der Waals surface area (Å²) < 4.78 is 0. The van der Waals surface area contributed by atoms with Gasteiger partial charge >= 0.3 is 0 Å². The SMILES string of the molecule is CN1CCCCC1CNC1CC(C)(C)NC(C)(C)C1. The molecule has 2 rings (SSSR count). The minimum absolute atomic E-state index is 0.248. The summed E-state index contributed by atoms with van der Waals surface area (Å²) in [6.07, 6.45) is 6.60. The highest BCUT2D eigenvalue weighted by Gasteiger charge is 2.37. The van der Waals surface area contributed by atoms with E-state index in [0.29, 0.717) is 6.04 Å². The van der Waals surface area contributed by atoms with Crippen molar-refractivity contribution in [2.75, 3.05) is 20.1 Å². The highest BCUT2D eigenvalue weighted by molar-refractivity contribution is 4.99. The van der Waals surface area contributed by atoms with Crippen LogP contribution < -0.4 is 10.6 Å². The van der Waals surface area contributed by atoms with Crippen LogP contribution in [0.4, 0.5) is 0 Å². The average molecular weight is 267 g/mol. The van der Waals surface area contributed by atoms with Crippen molar-refractivity contribution in [1.82, 2.24) is 15.5 Å². The van der Waals surface area contributed by atoms with Crippen molar-refractivity contribution < 1.29 is 0 Å². The summed E-state index contributed by atoms with van der Waals surface area (Å²) in [6, 6.07) is 1.40. The summed E-state index contributed by atoms with van der Waals surface area (Å²) in [4.78, 5) is 2.54. The summed E-state index contributed by atoms with van der Waals surface area (Å²) in [5.74, 6) is 0. The van der Waals surface area contributed by atoms with E-state index in [1.54, 1.807) is 0 Å². The number of nitrogens with one attached hydrogen (secondary N) is 2. The molecule has 0 radical (unpaired) electrons. The van der Waals surface area contributed by atoms with Gasteiger partial charge in [-0.15, -0.1) is 0 Å². The number of hydrogen-bond acceptors (Lipinski definition) is 3. The second-order valence-corrected chi connectivity index (χ2v) is 8.04. The first-order chi connectivity index (χ1) is 8.77. The Hall–Kier alpha value is -0.120. The summed E-state index contributed by atoms with van der Waals surface area (Å²) in [6.45, 7) is 11.7. The zero-order valence-corrected chi connectivity index (χ0v) is 13.6. The average Bonchev–Trinajstić information content (AvgIpc) is 2.23. The zero-order chi connectivity index (χ0) is 14.1. The van der Waals surface area contributed by atoms with Gasteiger partial charge in [0.05, 0.1) is 0 Å². The van der Waals surface area contributed by atoms with E-state index in [1.165, 1.54) is 38.6 Å². The molecule has 19 heavy (non-hydrogen) atoms. The third kappa shape index (κ3) is 4.44. The van der Waals surface area contributed by atoms with Gasteiger partial charge in [-0.25, -0.2) is 0 Å². The number of piperidine rings is 2. The van der Waals surface area contributed by atoms with Gasteiger partial charge in [0, 0.05) is 29.7 Å². The normalized spacial score (nSPS) is 32.4. The van der Waals surface area contributed by atoms with E-state index in [9.17, 15) is 0 Å². The van der Waals surface area contributed by atoms with Crippen LogP contribution in [0, 0.1) is 0 Å². The maximum absolute atomic E-state index is 3.85. The summed E-state index contributed by atoms with van der Waals surface area (Å²) >= 11 is 0. The Kier molecular flexibility index (Phi) is 4.59. The summed E-state index contributed by atoms with van der Waals surface area (Å²) in [5.41, 5.74) is 0.496. The quantitative estimate of drug-likeness (QED) is 0.822. The van der Waals surface area contributed by atoms with E-state index >= 15 is 0 Å². The Bertz CT molecular complexity index is 282. The van der Waals surface area contributed by atoms with E-state index < -0.39 is 0 Å². The van der Waals surface area contributed by atoms with Crippen LogP contribution >= 0.6 is 0 Å².